The van der Waals surface area contributed by atoms with Gasteiger partial charge in [-0.05, 0) is 103 Å². The first-order valence-corrected chi connectivity index (χ1v) is 28.4. The Morgan fingerprint density at radius 2 is 0.810 bits per heavy atom. The topological polar surface area (TPSA) is 215 Å². The van der Waals surface area contributed by atoms with Crippen LogP contribution in [0.2, 0.25) is 0 Å². The first kappa shape index (κ1) is 93.8. The summed E-state index contributed by atoms with van der Waals surface area (Å²) in [6.07, 6.45) is 28.6. The molecule has 2 N–H and O–H groups in total. The van der Waals surface area contributed by atoms with Crippen molar-refractivity contribution in [3.8, 4) is 36.5 Å². The molecule has 0 saturated carbocycles. The van der Waals surface area contributed by atoms with Crippen LogP contribution in [0.3, 0.4) is 0 Å². The van der Waals surface area contributed by atoms with E-state index in [1.807, 2.05) is 161 Å². The standard InChI is InChI=1S/C10H19NO.C10H16O3.C10H18O.C9H16O.C9H14O.C8H12O3.C7H11NO.C7H10O/c1-10(2,3)9(12)7-6-8-11(4)5;1-5-13-9(12)7-6-8(11)10(2,3)4;1-5-6-7-8-9(11)10(2,3)4;2*1-5-6-7-8(10)9(2,3)4;1-8(2,3)6(9)4-5-7(10)11;1-5-6(9)8-7(2,3)4;1-5-6(8)7(2,3)4/h6-7H,8H2,1-5H3;6-7H,5H2,1-4H3;7-8H,5-6H2,1-4H3;6-7H,5H2,1-4H3;5H2,1-4H3;4-5H,1-3H3,(H,10,11);1H,2-4H3,(H,8,9);1H,2-4H3/b2*7-6+;8-7+;7-6+;;5-4+;;. The SMILES string of the molecule is C#CC(=O)C(C)(C)C.C#CC(=O)NC(C)(C)C.CC(C)(C)C(=O)/C=C/C(=O)O.CC/C=C/C(=O)C(C)(C)C.CCC#CC(=O)C(C)(C)C.CCC/C=C/C(=O)C(C)(C)C.CCOC(=O)/C=C/C(=O)C(C)(C)C.CN(C)C/C=C/C(=O)C(C)(C)C. The number of ether oxygens (including phenoxy) is 1. The van der Waals surface area contributed by atoms with Crippen molar-refractivity contribution in [1.29, 1.82) is 0 Å². The molecule has 0 radical (unpaired) electrons. The molecule has 0 aromatic rings. The number of allylic oxidation sites excluding steroid dienone is 7. The van der Waals surface area contributed by atoms with Crippen molar-refractivity contribution in [3.05, 3.63) is 60.8 Å². The van der Waals surface area contributed by atoms with Crippen LogP contribution in [-0.2, 0) is 52.7 Å². The van der Waals surface area contributed by atoms with Crippen molar-refractivity contribution < 1.29 is 57.8 Å². The summed E-state index contributed by atoms with van der Waals surface area (Å²) in [5, 5.41) is 10.8. The average Bonchev–Trinajstić information content (AvgIpc) is 3.31. The normalized spacial score (nSPS) is 11.5. The molecule has 0 saturated heterocycles. The van der Waals surface area contributed by atoms with Crippen molar-refractivity contribution >= 4 is 58.3 Å². The third kappa shape index (κ3) is 71.5. The molecule has 14 nitrogen and oxygen atoms in total. The van der Waals surface area contributed by atoms with E-state index in [2.05, 4.69) is 34.7 Å². The number of aliphatic carboxylic acids is 1. The Labute approximate surface area is 511 Å². The Kier molecular flexibility index (Phi) is 52.3. The molecule has 0 aliphatic carbocycles. The van der Waals surface area contributed by atoms with Crippen molar-refractivity contribution in [2.24, 2.45) is 37.9 Å². The van der Waals surface area contributed by atoms with Crippen LogP contribution in [0.4, 0.5) is 0 Å². The number of likely N-dealkylation sites (N-methyl/N-ethyl adjacent to an activating group) is 1. The first-order valence-electron chi connectivity index (χ1n) is 28.4. The summed E-state index contributed by atoms with van der Waals surface area (Å²) < 4.78 is 4.63. The predicted octanol–water partition coefficient (Wildman–Crippen LogP) is 14.0. The lowest BCUT2D eigenvalue weighted by Gasteiger charge is -2.17. The number of nitrogens with one attached hydrogen (secondary N) is 1. The number of amides is 1. The van der Waals surface area contributed by atoms with Crippen LogP contribution in [0.1, 0.15) is 220 Å². The summed E-state index contributed by atoms with van der Waals surface area (Å²) >= 11 is 0. The molecular weight excluding hydrogens is 1060 g/mol. The molecule has 0 aromatic heterocycles. The Hall–Kier alpha value is -6.56. The van der Waals surface area contributed by atoms with Gasteiger partial charge in [-0.1, -0.05) is 197 Å². The van der Waals surface area contributed by atoms with Gasteiger partial charge in [-0.15, -0.1) is 12.8 Å². The fourth-order valence-electron chi connectivity index (χ4n) is 3.63. The number of carbonyl (C=O) groups is 10. The molecule has 478 valence electrons. The first-order chi connectivity index (χ1) is 37.4. The smallest absolute Gasteiger partial charge is 0.330 e. The molecule has 0 aliphatic heterocycles. The summed E-state index contributed by atoms with van der Waals surface area (Å²) in [5.41, 5.74) is -2.51. The van der Waals surface area contributed by atoms with E-state index in [1.165, 1.54) is 6.08 Å². The number of Topliss-reactive ketones (excluding diaryl/α,β-unsaturated/α-hetero) is 2. The van der Waals surface area contributed by atoms with Gasteiger partial charge >= 0.3 is 11.9 Å². The van der Waals surface area contributed by atoms with E-state index in [0.29, 0.717) is 6.61 Å². The lowest BCUT2D eigenvalue weighted by atomic mass is 9.90. The second-order valence-corrected chi connectivity index (χ2v) is 27.3. The molecule has 84 heavy (non-hydrogen) atoms. The van der Waals surface area contributed by atoms with E-state index >= 15 is 0 Å². The number of carboxylic acids is 1. The van der Waals surface area contributed by atoms with E-state index in [4.69, 9.17) is 18.0 Å². The number of carboxylic acid groups (broad SMARTS) is 1. The highest BCUT2D eigenvalue weighted by Gasteiger charge is 2.22. The van der Waals surface area contributed by atoms with Gasteiger partial charge in [-0.3, -0.25) is 38.4 Å². The van der Waals surface area contributed by atoms with E-state index in [0.717, 1.165) is 50.5 Å². The number of nitrogens with zero attached hydrogens (tertiary/aromatic N) is 1. The molecule has 0 bridgehead atoms. The van der Waals surface area contributed by atoms with Crippen LogP contribution in [0.5, 0.6) is 0 Å². The minimum absolute atomic E-state index is 0.0225. The number of unbranched alkanes of at least 4 members (excludes halogenated alkanes) is 1. The monoisotopic (exact) mass is 1180 g/mol. The zero-order chi connectivity index (χ0) is 68.9. The Balaban J connectivity index is -0.000000131. The molecule has 0 heterocycles. The lowest BCUT2D eigenvalue weighted by molar-refractivity contribution is -0.137. The maximum atomic E-state index is 11.3. The van der Waals surface area contributed by atoms with Gasteiger partial charge in [0.1, 0.15) is 0 Å². The number of hydrogen-bond acceptors (Lipinski definition) is 12. The van der Waals surface area contributed by atoms with Crippen molar-refractivity contribution in [1.82, 2.24) is 10.2 Å². The van der Waals surface area contributed by atoms with Gasteiger partial charge in [0.2, 0.25) is 11.6 Å². The van der Waals surface area contributed by atoms with Gasteiger partial charge in [0, 0.05) is 68.6 Å². The highest BCUT2D eigenvalue weighted by atomic mass is 16.5. The third-order valence-electron chi connectivity index (χ3n) is 9.19. The number of rotatable bonds is 13. The van der Waals surface area contributed by atoms with Crippen LogP contribution in [0, 0.1) is 74.4 Å². The van der Waals surface area contributed by atoms with Crippen LogP contribution in [0.15, 0.2) is 60.8 Å². The zero-order valence-corrected chi connectivity index (χ0v) is 58.1. The summed E-state index contributed by atoms with van der Waals surface area (Å²) in [6, 6.07) is 0. The van der Waals surface area contributed by atoms with Crippen LogP contribution in [-0.4, -0.2) is 101 Å². The fraction of sp³-hybridized carbons (Fsp3) is 0.629. The minimum atomic E-state index is -1.09. The average molecular weight is 1180 g/mol. The molecule has 0 atom stereocenters. The number of hydrogen-bond donors (Lipinski definition) is 2. The summed E-state index contributed by atoms with van der Waals surface area (Å²) in [5.74, 6) is 7.67. The van der Waals surface area contributed by atoms with Crippen LogP contribution in [0.25, 0.3) is 0 Å². The van der Waals surface area contributed by atoms with E-state index in [9.17, 15) is 47.9 Å². The molecule has 0 spiro atoms. The van der Waals surface area contributed by atoms with Gasteiger partial charge in [0.25, 0.3) is 5.91 Å². The quantitative estimate of drug-likeness (QED) is 0.0760. The van der Waals surface area contributed by atoms with Crippen LogP contribution >= 0.6 is 0 Å². The molecule has 0 aromatic carbocycles. The Morgan fingerprint density at radius 1 is 0.464 bits per heavy atom. The second-order valence-electron chi connectivity index (χ2n) is 27.3. The summed E-state index contributed by atoms with van der Waals surface area (Å²) in [6.45, 7) is 53.5. The lowest BCUT2D eigenvalue weighted by Crippen LogP contribution is -2.39. The highest BCUT2D eigenvalue weighted by molar-refractivity contribution is 6.00. The molecule has 14 heteroatoms. The summed E-state index contributed by atoms with van der Waals surface area (Å²) in [4.78, 5) is 111. The number of ketones is 7. The van der Waals surface area contributed by atoms with Gasteiger partial charge in [0.05, 0.1) is 6.61 Å². The maximum absolute atomic E-state index is 11.3. The highest BCUT2D eigenvalue weighted by Crippen LogP contribution is 2.18. The number of esters is 1. The van der Waals surface area contributed by atoms with Gasteiger partial charge in [-0.2, -0.15) is 0 Å². The molecule has 0 rings (SSSR count). The Morgan fingerprint density at radius 3 is 1.05 bits per heavy atom. The maximum Gasteiger partial charge on any atom is 0.330 e. The van der Waals surface area contributed by atoms with Gasteiger partial charge in [-0.25, -0.2) is 9.59 Å². The van der Waals surface area contributed by atoms with Crippen molar-refractivity contribution in [2.45, 2.75) is 225 Å². The fourth-order valence-corrected chi connectivity index (χ4v) is 3.63. The third-order valence-corrected chi connectivity index (χ3v) is 9.19. The largest absolute Gasteiger partial charge is 0.478 e. The molecule has 0 fully saturated rings. The van der Waals surface area contributed by atoms with Crippen molar-refractivity contribution in [2.75, 3.05) is 27.2 Å². The van der Waals surface area contributed by atoms with Gasteiger partial charge in [0.15, 0.2) is 28.9 Å². The Bertz CT molecular complexity index is 2320. The minimum Gasteiger partial charge on any atom is -0.478 e. The molecule has 1 amide bonds. The number of terminal acetylenes is 2. The molecular formula is C70H116N2O12. The predicted molar refractivity (Wildman–Crippen MR) is 349 cm³/mol. The number of carbonyl (C=O) groups excluding carboxylic acids is 9. The van der Waals surface area contributed by atoms with Gasteiger partial charge < -0.3 is 20.1 Å². The van der Waals surface area contributed by atoms with E-state index < -0.39 is 22.8 Å². The molecule has 0 aliphatic rings. The van der Waals surface area contributed by atoms with Crippen molar-refractivity contribution in [3.63, 3.8) is 0 Å². The van der Waals surface area contributed by atoms with E-state index in [-0.39, 0.29) is 79.0 Å². The van der Waals surface area contributed by atoms with E-state index in [1.54, 1.807) is 87.5 Å². The summed E-state index contributed by atoms with van der Waals surface area (Å²) in [7, 11) is 3.96. The molecule has 0 unspecified atom stereocenters. The zero-order valence-electron chi connectivity index (χ0n) is 58.1. The second kappa shape index (κ2) is 46.8. The van der Waals surface area contributed by atoms with Crippen LogP contribution < -0.4 is 5.32 Å².